The van der Waals surface area contributed by atoms with Crippen molar-refractivity contribution in [3.8, 4) is 11.5 Å². The second-order valence-corrected chi connectivity index (χ2v) is 7.48. The van der Waals surface area contributed by atoms with Crippen LogP contribution in [0.1, 0.15) is 12.8 Å². The van der Waals surface area contributed by atoms with Gasteiger partial charge in [0.2, 0.25) is 10.0 Å². The summed E-state index contributed by atoms with van der Waals surface area (Å²) in [5.41, 5.74) is 6.23. The molecule has 2 heterocycles. The average molecular weight is 378 g/mol. The fourth-order valence-electron chi connectivity index (χ4n) is 2.70. The number of ether oxygens (including phenoxy) is 2. The smallest absolute Gasteiger partial charge is 0.262 e. The maximum atomic E-state index is 12.9. The molecule has 24 heavy (non-hydrogen) atoms. The van der Waals surface area contributed by atoms with Gasteiger partial charge in [0.05, 0.1) is 12.8 Å². The second kappa shape index (κ2) is 7.14. The van der Waals surface area contributed by atoms with Crippen LogP contribution in [0.5, 0.6) is 11.5 Å². The molecule has 2 aliphatic heterocycles. The number of amides is 1. The van der Waals surface area contributed by atoms with E-state index in [1.54, 1.807) is 0 Å². The lowest BCUT2D eigenvalue weighted by Crippen LogP contribution is -2.42. The standard InChI is InChI=1S/C14H19N3O5S.ClH/c1-21-12-6-10-11(22-8-14(18)16-10)7-13(12)23(19,20)17-4-2-9(15)3-5-17;/h6-7,9H,2-5,8,15H2,1H3,(H,16,18);1H. The minimum Gasteiger partial charge on any atom is -0.495 e. The zero-order chi connectivity index (χ0) is 16.6. The van der Waals surface area contributed by atoms with E-state index in [-0.39, 0.29) is 41.6 Å². The summed E-state index contributed by atoms with van der Waals surface area (Å²) in [5.74, 6) is 0.197. The number of halogens is 1. The summed E-state index contributed by atoms with van der Waals surface area (Å²) in [5, 5.41) is 2.63. The number of methoxy groups -OCH3 is 1. The maximum absolute atomic E-state index is 12.9. The second-order valence-electron chi connectivity index (χ2n) is 5.58. The first-order valence-electron chi connectivity index (χ1n) is 7.32. The van der Waals surface area contributed by atoms with Crippen molar-refractivity contribution in [2.75, 3.05) is 32.1 Å². The molecule has 8 nitrogen and oxygen atoms in total. The summed E-state index contributed by atoms with van der Waals surface area (Å²) >= 11 is 0. The Hall–Kier alpha value is -1.55. The number of carbonyl (C=O) groups excluding carboxylic acids is 1. The van der Waals surface area contributed by atoms with Gasteiger partial charge in [-0.15, -0.1) is 12.4 Å². The Balaban J connectivity index is 0.00000208. The lowest BCUT2D eigenvalue weighted by molar-refractivity contribution is -0.118. The van der Waals surface area contributed by atoms with E-state index in [1.807, 2.05) is 0 Å². The van der Waals surface area contributed by atoms with Gasteiger partial charge in [0.15, 0.2) is 6.61 Å². The molecule has 0 saturated carbocycles. The Morgan fingerprint density at radius 1 is 1.33 bits per heavy atom. The molecule has 0 bridgehead atoms. The van der Waals surface area contributed by atoms with Crippen molar-refractivity contribution >= 4 is 34.0 Å². The van der Waals surface area contributed by atoms with Crippen LogP contribution in [0.2, 0.25) is 0 Å². The Kier molecular flexibility index (Phi) is 5.59. The predicted octanol–water partition coefficient (Wildman–Crippen LogP) is 0.560. The zero-order valence-corrected chi connectivity index (χ0v) is 14.8. The summed E-state index contributed by atoms with van der Waals surface area (Å²) in [7, 11) is -2.33. The van der Waals surface area contributed by atoms with E-state index in [2.05, 4.69) is 5.32 Å². The van der Waals surface area contributed by atoms with Gasteiger partial charge in [-0.25, -0.2) is 8.42 Å². The fraction of sp³-hybridized carbons (Fsp3) is 0.500. The summed E-state index contributed by atoms with van der Waals surface area (Å²) < 4.78 is 37.7. The van der Waals surface area contributed by atoms with Crippen LogP contribution in [0.4, 0.5) is 5.69 Å². The van der Waals surface area contributed by atoms with E-state index in [0.29, 0.717) is 37.4 Å². The molecule has 3 rings (SSSR count). The topological polar surface area (TPSA) is 111 Å². The van der Waals surface area contributed by atoms with Crippen molar-refractivity contribution in [1.82, 2.24) is 4.31 Å². The fourth-order valence-corrected chi connectivity index (χ4v) is 4.33. The first-order chi connectivity index (χ1) is 10.9. The van der Waals surface area contributed by atoms with Crippen molar-refractivity contribution < 1.29 is 22.7 Å². The van der Waals surface area contributed by atoms with E-state index in [4.69, 9.17) is 15.2 Å². The monoisotopic (exact) mass is 377 g/mol. The molecule has 1 fully saturated rings. The molecule has 0 unspecified atom stereocenters. The molecule has 0 aromatic heterocycles. The van der Waals surface area contributed by atoms with E-state index in [9.17, 15) is 13.2 Å². The molecule has 10 heteroatoms. The van der Waals surface area contributed by atoms with Crippen molar-refractivity contribution in [3.05, 3.63) is 12.1 Å². The molecular weight excluding hydrogens is 358 g/mol. The summed E-state index contributed by atoms with van der Waals surface area (Å²) in [6.07, 6.45) is 1.25. The predicted molar refractivity (Wildman–Crippen MR) is 90.3 cm³/mol. The maximum Gasteiger partial charge on any atom is 0.262 e. The molecule has 2 aliphatic rings. The van der Waals surface area contributed by atoms with Gasteiger partial charge in [0, 0.05) is 31.3 Å². The molecule has 1 saturated heterocycles. The van der Waals surface area contributed by atoms with Gasteiger partial charge in [-0.1, -0.05) is 0 Å². The van der Waals surface area contributed by atoms with E-state index in [1.165, 1.54) is 23.5 Å². The summed E-state index contributed by atoms with van der Waals surface area (Å²) in [6, 6.07) is 2.90. The van der Waals surface area contributed by atoms with Gasteiger partial charge in [0.25, 0.3) is 5.91 Å². The van der Waals surface area contributed by atoms with E-state index < -0.39 is 10.0 Å². The van der Waals surface area contributed by atoms with Crippen LogP contribution in [-0.4, -0.2) is 51.5 Å². The third kappa shape index (κ3) is 3.44. The number of hydrogen-bond acceptors (Lipinski definition) is 6. The number of anilines is 1. The largest absolute Gasteiger partial charge is 0.495 e. The number of sulfonamides is 1. The highest BCUT2D eigenvalue weighted by Crippen LogP contribution is 2.38. The highest BCUT2D eigenvalue weighted by Gasteiger charge is 2.32. The molecule has 0 radical (unpaired) electrons. The molecular formula is C14H20ClN3O5S. The number of hydrogen-bond donors (Lipinski definition) is 2. The van der Waals surface area contributed by atoms with Crippen LogP contribution in [0.3, 0.4) is 0 Å². The third-order valence-electron chi connectivity index (χ3n) is 4.02. The first kappa shape index (κ1) is 18.8. The molecule has 0 aliphatic carbocycles. The van der Waals surface area contributed by atoms with Gasteiger partial charge in [-0.2, -0.15) is 4.31 Å². The minimum absolute atomic E-state index is 0. The number of nitrogens with zero attached hydrogens (tertiary/aromatic N) is 1. The number of carbonyl (C=O) groups is 1. The minimum atomic E-state index is -3.72. The van der Waals surface area contributed by atoms with Crippen molar-refractivity contribution in [3.63, 3.8) is 0 Å². The van der Waals surface area contributed by atoms with Crippen LogP contribution in [0, 0.1) is 0 Å². The Bertz CT molecular complexity index is 732. The number of fused-ring (bicyclic) bond motifs is 1. The highest BCUT2D eigenvalue weighted by molar-refractivity contribution is 7.89. The molecule has 0 spiro atoms. The SMILES string of the molecule is COc1cc2c(cc1S(=O)(=O)N1CCC(N)CC1)OCC(=O)N2.Cl. The molecule has 1 aromatic rings. The molecule has 0 atom stereocenters. The van der Waals surface area contributed by atoms with E-state index in [0.717, 1.165) is 0 Å². The Morgan fingerprint density at radius 2 is 2.00 bits per heavy atom. The number of benzene rings is 1. The van der Waals surface area contributed by atoms with Crippen LogP contribution < -0.4 is 20.5 Å². The number of nitrogens with one attached hydrogen (secondary N) is 1. The summed E-state index contributed by atoms with van der Waals surface area (Å²) in [4.78, 5) is 11.4. The zero-order valence-electron chi connectivity index (χ0n) is 13.1. The molecule has 134 valence electrons. The van der Waals surface area contributed by atoms with Gasteiger partial charge in [0.1, 0.15) is 16.4 Å². The van der Waals surface area contributed by atoms with Crippen molar-refractivity contribution in [2.24, 2.45) is 5.73 Å². The van der Waals surface area contributed by atoms with Gasteiger partial charge >= 0.3 is 0 Å². The number of nitrogens with two attached hydrogens (primary N) is 1. The quantitative estimate of drug-likeness (QED) is 0.796. The van der Waals surface area contributed by atoms with E-state index >= 15 is 0 Å². The highest BCUT2D eigenvalue weighted by atomic mass is 35.5. The van der Waals surface area contributed by atoms with Crippen LogP contribution in [0.15, 0.2) is 17.0 Å². The van der Waals surface area contributed by atoms with Crippen LogP contribution in [-0.2, 0) is 14.8 Å². The summed E-state index contributed by atoms with van der Waals surface area (Å²) in [6.45, 7) is 0.611. The van der Waals surface area contributed by atoms with Gasteiger partial charge in [-0.3, -0.25) is 4.79 Å². The molecule has 1 aromatic carbocycles. The Labute approximate surface area is 146 Å². The molecule has 3 N–H and O–H groups in total. The van der Waals surface area contributed by atoms with Crippen LogP contribution in [0.25, 0.3) is 0 Å². The third-order valence-corrected chi connectivity index (χ3v) is 5.93. The normalized spacial score (nSPS) is 18.8. The van der Waals surface area contributed by atoms with Crippen molar-refractivity contribution in [1.29, 1.82) is 0 Å². The average Bonchev–Trinajstić information content (AvgIpc) is 2.53. The Morgan fingerprint density at radius 3 is 2.62 bits per heavy atom. The van der Waals surface area contributed by atoms with Gasteiger partial charge < -0.3 is 20.5 Å². The number of piperidine rings is 1. The van der Waals surface area contributed by atoms with Crippen molar-refractivity contribution in [2.45, 2.75) is 23.8 Å². The van der Waals surface area contributed by atoms with Gasteiger partial charge in [-0.05, 0) is 12.8 Å². The lowest BCUT2D eigenvalue weighted by atomic mass is 10.1. The molecule has 1 amide bonds. The van der Waals surface area contributed by atoms with Crippen LogP contribution >= 0.6 is 12.4 Å². The number of rotatable bonds is 3. The first-order valence-corrected chi connectivity index (χ1v) is 8.76. The lowest BCUT2D eigenvalue weighted by Gasteiger charge is -2.30.